The van der Waals surface area contributed by atoms with E-state index in [1.165, 1.54) is 5.56 Å². The van der Waals surface area contributed by atoms with Crippen molar-refractivity contribution in [1.29, 1.82) is 0 Å². The van der Waals surface area contributed by atoms with Crippen LogP contribution in [0.5, 0.6) is 0 Å². The summed E-state index contributed by atoms with van der Waals surface area (Å²) in [5.41, 5.74) is 2.41. The van der Waals surface area contributed by atoms with Crippen LogP contribution in [0.4, 0.5) is 0 Å². The third kappa shape index (κ3) is 5.33. The van der Waals surface area contributed by atoms with Gasteiger partial charge in [0.1, 0.15) is 5.76 Å². The van der Waals surface area contributed by atoms with Crippen LogP contribution in [0.25, 0.3) is 0 Å². The first-order valence-corrected chi connectivity index (χ1v) is 7.64. The molecule has 2 heterocycles. The molecular weight excluding hydrogens is 262 g/mol. The molecule has 0 fully saturated rings. The van der Waals surface area contributed by atoms with Crippen LogP contribution >= 0.6 is 0 Å². The van der Waals surface area contributed by atoms with Crippen molar-refractivity contribution < 1.29 is 4.42 Å². The highest BCUT2D eigenvalue weighted by Gasteiger charge is 2.09. The number of furan rings is 1. The molecule has 0 bridgehead atoms. The number of aromatic nitrogens is 1. The van der Waals surface area contributed by atoms with Gasteiger partial charge in [-0.25, -0.2) is 0 Å². The van der Waals surface area contributed by atoms with Crippen molar-refractivity contribution in [2.45, 2.75) is 32.9 Å². The summed E-state index contributed by atoms with van der Waals surface area (Å²) in [7, 11) is 2.14. The quantitative estimate of drug-likeness (QED) is 0.720. The van der Waals surface area contributed by atoms with Crippen LogP contribution in [-0.2, 0) is 19.5 Å². The minimum absolute atomic E-state index is 0.810. The van der Waals surface area contributed by atoms with Crippen molar-refractivity contribution in [3.05, 3.63) is 53.7 Å². The molecule has 4 nitrogen and oxygen atoms in total. The highest BCUT2D eigenvalue weighted by Crippen LogP contribution is 2.13. The summed E-state index contributed by atoms with van der Waals surface area (Å²) in [5, 5.41) is 3.39. The molecule has 0 aliphatic heterocycles. The van der Waals surface area contributed by atoms with E-state index in [1.807, 2.05) is 18.3 Å². The van der Waals surface area contributed by atoms with Gasteiger partial charge in [0.25, 0.3) is 0 Å². The number of hydrogen-bond donors (Lipinski definition) is 1. The Kier molecular flexibility index (Phi) is 6.44. The lowest BCUT2D eigenvalue weighted by molar-refractivity contribution is 0.325. The maximum atomic E-state index is 5.57. The van der Waals surface area contributed by atoms with Crippen LogP contribution in [-0.4, -0.2) is 30.0 Å². The molecule has 0 amide bonds. The van der Waals surface area contributed by atoms with Crippen LogP contribution in [0.1, 0.15) is 30.4 Å². The molecular formula is C17H25N3O. The smallest absolute Gasteiger partial charge is 0.122 e. The van der Waals surface area contributed by atoms with Gasteiger partial charge in [0, 0.05) is 37.0 Å². The van der Waals surface area contributed by atoms with E-state index in [0.29, 0.717) is 0 Å². The number of nitrogens with one attached hydrogen (secondary N) is 1. The minimum Gasteiger partial charge on any atom is -0.468 e. The van der Waals surface area contributed by atoms with Crippen LogP contribution in [0.2, 0.25) is 0 Å². The van der Waals surface area contributed by atoms with E-state index in [9.17, 15) is 0 Å². The largest absolute Gasteiger partial charge is 0.468 e. The molecule has 4 heteroatoms. The second kappa shape index (κ2) is 8.60. The highest BCUT2D eigenvalue weighted by molar-refractivity contribution is 5.16. The van der Waals surface area contributed by atoms with Gasteiger partial charge in [-0.15, -0.1) is 0 Å². The zero-order valence-electron chi connectivity index (χ0n) is 13.0. The number of nitrogens with zero attached hydrogens (tertiary/aromatic N) is 2. The fraction of sp³-hybridized carbons (Fsp3) is 0.471. The Balaban J connectivity index is 1.79. The lowest BCUT2D eigenvalue weighted by Crippen LogP contribution is -2.22. The molecule has 0 aliphatic rings. The van der Waals surface area contributed by atoms with Gasteiger partial charge < -0.3 is 14.6 Å². The Morgan fingerprint density at radius 2 is 2.19 bits per heavy atom. The van der Waals surface area contributed by atoms with E-state index in [-0.39, 0.29) is 0 Å². The van der Waals surface area contributed by atoms with Crippen molar-refractivity contribution in [2.24, 2.45) is 0 Å². The van der Waals surface area contributed by atoms with Crippen molar-refractivity contribution in [3.8, 4) is 0 Å². The van der Waals surface area contributed by atoms with E-state index in [2.05, 4.69) is 41.3 Å². The fourth-order valence-electron chi connectivity index (χ4n) is 2.26. The molecule has 0 aromatic carbocycles. The first-order chi connectivity index (χ1) is 10.3. The van der Waals surface area contributed by atoms with Gasteiger partial charge in [-0.2, -0.15) is 0 Å². The molecule has 0 aliphatic carbocycles. The van der Waals surface area contributed by atoms with Gasteiger partial charge in [-0.05, 0) is 38.2 Å². The molecule has 2 aromatic heterocycles. The molecule has 0 spiro atoms. The fourth-order valence-corrected chi connectivity index (χ4v) is 2.26. The maximum Gasteiger partial charge on any atom is 0.122 e. The molecule has 114 valence electrons. The average molecular weight is 287 g/mol. The average Bonchev–Trinajstić information content (AvgIpc) is 2.94. The predicted octanol–water partition coefficient (Wildman–Crippen LogP) is 2.85. The third-order valence-corrected chi connectivity index (χ3v) is 3.47. The third-order valence-electron chi connectivity index (χ3n) is 3.47. The molecule has 0 saturated heterocycles. The molecule has 2 rings (SSSR count). The van der Waals surface area contributed by atoms with Gasteiger partial charge >= 0.3 is 0 Å². The van der Waals surface area contributed by atoms with Gasteiger partial charge in [-0.3, -0.25) is 4.98 Å². The van der Waals surface area contributed by atoms with Gasteiger partial charge in [0.2, 0.25) is 0 Å². The van der Waals surface area contributed by atoms with E-state index in [4.69, 9.17) is 4.42 Å². The van der Waals surface area contributed by atoms with E-state index < -0.39 is 0 Å². The zero-order chi connectivity index (χ0) is 14.9. The standard InChI is InChI=1S/C17H25N3O/c1-3-9-18-13-17-15(8-12-21-17)14-20(2)11-7-16-6-4-5-10-19-16/h4-6,8,10,12,18H,3,7,9,11,13-14H2,1-2H3. The summed E-state index contributed by atoms with van der Waals surface area (Å²) < 4.78 is 5.57. The lowest BCUT2D eigenvalue weighted by atomic mass is 10.2. The van der Waals surface area contributed by atoms with E-state index in [0.717, 1.165) is 50.5 Å². The second-order valence-electron chi connectivity index (χ2n) is 5.35. The maximum absolute atomic E-state index is 5.57. The molecule has 21 heavy (non-hydrogen) atoms. The number of pyridine rings is 1. The topological polar surface area (TPSA) is 41.3 Å². The SMILES string of the molecule is CCCNCc1occc1CN(C)CCc1ccccn1. The molecule has 1 N–H and O–H groups in total. The normalized spacial score (nSPS) is 11.2. The Morgan fingerprint density at radius 1 is 1.29 bits per heavy atom. The molecule has 0 saturated carbocycles. The van der Waals surface area contributed by atoms with E-state index in [1.54, 1.807) is 6.26 Å². The van der Waals surface area contributed by atoms with Gasteiger partial charge in [-0.1, -0.05) is 13.0 Å². The monoisotopic (exact) mass is 287 g/mol. The summed E-state index contributed by atoms with van der Waals surface area (Å²) >= 11 is 0. The first kappa shape index (κ1) is 15.7. The summed E-state index contributed by atoms with van der Waals surface area (Å²) in [6.07, 6.45) is 5.74. The van der Waals surface area contributed by atoms with Crippen molar-refractivity contribution in [1.82, 2.24) is 15.2 Å². The first-order valence-electron chi connectivity index (χ1n) is 7.64. The zero-order valence-corrected chi connectivity index (χ0v) is 13.0. The number of rotatable bonds is 9. The van der Waals surface area contributed by atoms with Crippen molar-refractivity contribution in [3.63, 3.8) is 0 Å². The van der Waals surface area contributed by atoms with Crippen LogP contribution in [0, 0.1) is 0 Å². The summed E-state index contributed by atoms with van der Waals surface area (Å²) in [5.74, 6) is 1.05. The minimum atomic E-state index is 0.810. The Morgan fingerprint density at radius 3 is 2.95 bits per heavy atom. The number of hydrogen-bond acceptors (Lipinski definition) is 4. The van der Waals surface area contributed by atoms with E-state index >= 15 is 0 Å². The Hall–Kier alpha value is -1.65. The molecule has 0 unspecified atom stereocenters. The summed E-state index contributed by atoms with van der Waals surface area (Å²) in [6, 6.07) is 8.14. The lowest BCUT2D eigenvalue weighted by Gasteiger charge is -2.16. The highest BCUT2D eigenvalue weighted by atomic mass is 16.3. The summed E-state index contributed by atoms with van der Waals surface area (Å²) in [4.78, 5) is 6.67. The van der Waals surface area contributed by atoms with Crippen molar-refractivity contribution >= 4 is 0 Å². The number of likely N-dealkylation sites (N-methyl/N-ethyl adjacent to an activating group) is 1. The van der Waals surface area contributed by atoms with Gasteiger partial charge in [0.05, 0.1) is 12.8 Å². The summed E-state index contributed by atoms with van der Waals surface area (Å²) in [6.45, 7) is 5.90. The van der Waals surface area contributed by atoms with Crippen LogP contribution < -0.4 is 5.32 Å². The Labute approximate surface area is 127 Å². The van der Waals surface area contributed by atoms with Crippen molar-refractivity contribution in [2.75, 3.05) is 20.1 Å². The molecule has 0 atom stereocenters. The Bertz CT molecular complexity index is 510. The molecule has 2 aromatic rings. The van der Waals surface area contributed by atoms with Crippen LogP contribution in [0.15, 0.2) is 41.1 Å². The predicted molar refractivity (Wildman–Crippen MR) is 85.0 cm³/mol. The second-order valence-corrected chi connectivity index (χ2v) is 5.35. The van der Waals surface area contributed by atoms with Crippen LogP contribution in [0.3, 0.4) is 0 Å². The molecule has 0 radical (unpaired) electrons. The van der Waals surface area contributed by atoms with Gasteiger partial charge in [0.15, 0.2) is 0 Å².